The normalized spacial score (nSPS) is 15.0. The summed E-state index contributed by atoms with van der Waals surface area (Å²) in [6.07, 6.45) is -0.754. The van der Waals surface area contributed by atoms with Gasteiger partial charge in [-0.15, -0.1) is 0 Å². The van der Waals surface area contributed by atoms with Crippen molar-refractivity contribution in [3.8, 4) is 0 Å². The maximum absolute atomic E-state index is 12.8. The van der Waals surface area contributed by atoms with Crippen molar-refractivity contribution < 1.29 is 29.3 Å². The summed E-state index contributed by atoms with van der Waals surface area (Å²) in [5.41, 5.74) is 2.01. The van der Waals surface area contributed by atoms with Crippen LogP contribution >= 0.6 is 0 Å². The molecule has 0 aromatic heterocycles. The molecule has 1 aliphatic rings. The molecule has 1 aliphatic heterocycles. The van der Waals surface area contributed by atoms with Crippen molar-refractivity contribution in [2.24, 2.45) is 0 Å². The van der Waals surface area contributed by atoms with Gasteiger partial charge in [-0.1, -0.05) is 24.3 Å². The number of hydrogen-bond acceptors (Lipinski definition) is 7. The number of nitrogens with one attached hydrogen (secondary N) is 1. The van der Waals surface area contributed by atoms with Gasteiger partial charge in [0.15, 0.2) is 0 Å². The Balaban J connectivity index is 1.80. The van der Waals surface area contributed by atoms with Crippen molar-refractivity contribution in [3.63, 3.8) is 0 Å². The molecule has 0 saturated heterocycles. The minimum absolute atomic E-state index is 0.115. The molecule has 8 nitrogen and oxygen atoms in total. The first kappa shape index (κ1) is 21.5. The van der Waals surface area contributed by atoms with Crippen molar-refractivity contribution >= 4 is 23.5 Å². The minimum atomic E-state index is -1.08. The van der Waals surface area contributed by atoms with E-state index < -0.39 is 29.9 Å². The van der Waals surface area contributed by atoms with Gasteiger partial charge in [0.1, 0.15) is 6.04 Å². The summed E-state index contributed by atoms with van der Waals surface area (Å²) in [6.45, 7) is 1.65. The monoisotopic (exact) mass is 412 g/mol. The maximum Gasteiger partial charge on any atom is 0.329 e. The smallest absolute Gasteiger partial charge is 0.329 e. The molecule has 0 bridgehead atoms. The van der Waals surface area contributed by atoms with Crippen molar-refractivity contribution in [2.75, 3.05) is 25.1 Å². The zero-order valence-electron chi connectivity index (χ0n) is 16.6. The number of carbonyl (C=O) groups is 3. The van der Waals surface area contributed by atoms with Crippen LogP contribution in [0.15, 0.2) is 48.5 Å². The predicted molar refractivity (Wildman–Crippen MR) is 109 cm³/mol. The Morgan fingerprint density at radius 1 is 1.07 bits per heavy atom. The summed E-state index contributed by atoms with van der Waals surface area (Å²) < 4.78 is 5.14. The first-order valence-corrected chi connectivity index (χ1v) is 9.71. The molecule has 2 amide bonds. The number of aliphatic hydroxyl groups is 2. The van der Waals surface area contributed by atoms with Crippen molar-refractivity contribution in [1.82, 2.24) is 4.90 Å². The number of aliphatic hydroxyl groups excluding tert-OH is 2. The number of carbonyl (C=O) groups excluding carboxylic acids is 3. The Labute approximate surface area is 174 Å². The van der Waals surface area contributed by atoms with Crippen LogP contribution in [0.25, 0.3) is 0 Å². The molecule has 2 aromatic carbocycles. The lowest BCUT2D eigenvalue weighted by Gasteiger charge is -2.24. The van der Waals surface area contributed by atoms with E-state index in [0.717, 1.165) is 16.2 Å². The van der Waals surface area contributed by atoms with E-state index in [1.807, 2.05) is 0 Å². The van der Waals surface area contributed by atoms with E-state index in [1.54, 1.807) is 55.5 Å². The molecular weight excluding hydrogens is 388 g/mol. The lowest BCUT2D eigenvalue weighted by molar-refractivity contribution is -0.147. The zero-order valence-corrected chi connectivity index (χ0v) is 16.6. The van der Waals surface area contributed by atoms with Gasteiger partial charge in [0.25, 0.3) is 11.8 Å². The van der Waals surface area contributed by atoms with Crippen molar-refractivity contribution in [1.29, 1.82) is 0 Å². The van der Waals surface area contributed by atoms with Crippen LogP contribution in [0.2, 0.25) is 0 Å². The molecule has 2 unspecified atom stereocenters. The average molecular weight is 412 g/mol. The van der Waals surface area contributed by atoms with Crippen LogP contribution in [-0.4, -0.2) is 64.8 Å². The number of anilines is 1. The number of ether oxygens (including phenoxy) is 1. The molecule has 1 heterocycles. The molecule has 3 rings (SSSR count). The van der Waals surface area contributed by atoms with E-state index >= 15 is 0 Å². The van der Waals surface area contributed by atoms with Gasteiger partial charge in [-0.25, -0.2) is 4.79 Å². The predicted octanol–water partition coefficient (Wildman–Crippen LogP) is 1.22. The van der Waals surface area contributed by atoms with Crippen LogP contribution in [0.3, 0.4) is 0 Å². The molecule has 0 spiro atoms. The number of imide groups is 1. The van der Waals surface area contributed by atoms with Gasteiger partial charge in [0, 0.05) is 18.7 Å². The standard InChI is InChI=1S/C22H24N2O6/c1-2-30-22(29)19(24-20(27)17-5-3-4-6-18(17)21(24)28)11-14-7-9-15(10-8-14)23-12-16(26)13-25/h3-10,16,19,23,25-26H,2,11-13H2,1H3. The van der Waals surface area contributed by atoms with Crippen molar-refractivity contribution in [3.05, 3.63) is 65.2 Å². The van der Waals surface area contributed by atoms with Crippen molar-refractivity contribution in [2.45, 2.75) is 25.5 Å². The number of nitrogens with zero attached hydrogens (tertiary/aromatic N) is 1. The Morgan fingerprint density at radius 3 is 2.20 bits per heavy atom. The largest absolute Gasteiger partial charge is 0.464 e. The van der Waals surface area contributed by atoms with Crippen LogP contribution in [-0.2, 0) is 16.0 Å². The SMILES string of the molecule is CCOC(=O)C(Cc1ccc(NCC(O)CO)cc1)N1C(=O)c2ccccc2C1=O. The molecule has 8 heteroatoms. The minimum Gasteiger partial charge on any atom is -0.464 e. The fourth-order valence-corrected chi connectivity index (χ4v) is 3.29. The summed E-state index contributed by atoms with van der Waals surface area (Å²) in [5.74, 6) is -1.66. The van der Waals surface area contributed by atoms with E-state index in [2.05, 4.69) is 5.32 Å². The fourth-order valence-electron chi connectivity index (χ4n) is 3.29. The van der Waals surface area contributed by atoms with Gasteiger partial charge in [0.2, 0.25) is 0 Å². The number of hydrogen-bond donors (Lipinski definition) is 3. The third-order valence-electron chi connectivity index (χ3n) is 4.83. The van der Waals surface area contributed by atoms with E-state index in [-0.39, 0.29) is 37.3 Å². The van der Waals surface area contributed by atoms with Crippen LogP contribution in [0.4, 0.5) is 5.69 Å². The van der Waals surface area contributed by atoms with Crippen LogP contribution in [0.5, 0.6) is 0 Å². The van der Waals surface area contributed by atoms with Gasteiger partial charge in [-0.3, -0.25) is 14.5 Å². The molecule has 158 valence electrons. The number of amides is 2. The average Bonchev–Trinajstić information content (AvgIpc) is 3.01. The molecule has 30 heavy (non-hydrogen) atoms. The fraction of sp³-hybridized carbons (Fsp3) is 0.318. The first-order chi connectivity index (χ1) is 14.5. The topological polar surface area (TPSA) is 116 Å². The first-order valence-electron chi connectivity index (χ1n) is 9.71. The van der Waals surface area contributed by atoms with E-state index in [0.29, 0.717) is 0 Å². The highest BCUT2D eigenvalue weighted by Crippen LogP contribution is 2.26. The van der Waals surface area contributed by atoms with Crippen LogP contribution < -0.4 is 5.32 Å². The Kier molecular flexibility index (Phi) is 6.81. The molecular formula is C22H24N2O6. The molecule has 0 radical (unpaired) electrons. The van der Waals surface area contributed by atoms with Crippen LogP contribution in [0, 0.1) is 0 Å². The number of benzene rings is 2. The quantitative estimate of drug-likeness (QED) is 0.419. The summed E-state index contributed by atoms with van der Waals surface area (Å²) in [4.78, 5) is 39.2. The lowest BCUT2D eigenvalue weighted by atomic mass is 10.0. The zero-order chi connectivity index (χ0) is 21.7. The third kappa shape index (κ3) is 4.50. The molecule has 3 N–H and O–H groups in total. The van der Waals surface area contributed by atoms with E-state index in [1.165, 1.54) is 0 Å². The second kappa shape index (κ2) is 9.51. The highest BCUT2D eigenvalue weighted by Gasteiger charge is 2.43. The Hall–Kier alpha value is -3.23. The third-order valence-corrected chi connectivity index (χ3v) is 4.83. The summed E-state index contributed by atoms with van der Waals surface area (Å²) in [6, 6.07) is 12.4. The van der Waals surface area contributed by atoms with E-state index in [9.17, 15) is 19.5 Å². The van der Waals surface area contributed by atoms with Gasteiger partial charge < -0.3 is 20.3 Å². The second-order valence-corrected chi connectivity index (χ2v) is 6.91. The highest BCUT2D eigenvalue weighted by molar-refractivity contribution is 6.22. The Bertz CT molecular complexity index is 892. The summed E-state index contributed by atoms with van der Waals surface area (Å²) in [5, 5.41) is 21.3. The van der Waals surface area contributed by atoms with Gasteiger partial charge in [-0.05, 0) is 36.8 Å². The van der Waals surface area contributed by atoms with Gasteiger partial charge in [-0.2, -0.15) is 0 Å². The Morgan fingerprint density at radius 2 is 1.67 bits per heavy atom. The molecule has 0 fully saturated rings. The summed E-state index contributed by atoms with van der Waals surface area (Å²) >= 11 is 0. The van der Waals surface area contributed by atoms with Gasteiger partial charge >= 0.3 is 5.97 Å². The molecule has 2 atom stereocenters. The number of fused-ring (bicyclic) bond motifs is 1. The maximum atomic E-state index is 12.8. The van der Waals surface area contributed by atoms with Crippen LogP contribution in [0.1, 0.15) is 33.2 Å². The second-order valence-electron chi connectivity index (χ2n) is 6.91. The van der Waals surface area contributed by atoms with Gasteiger partial charge in [0.05, 0.1) is 30.4 Å². The number of rotatable bonds is 9. The molecule has 2 aromatic rings. The van der Waals surface area contributed by atoms with E-state index in [4.69, 9.17) is 9.84 Å². The summed E-state index contributed by atoms with van der Waals surface area (Å²) in [7, 11) is 0. The highest BCUT2D eigenvalue weighted by atomic mass is 16.5. The molecule has 0 aliphatic carbocycles. The lowest BCUT2D eigenvalue weighted by Crippen LogP contribution is -2.47. The number of esters is 1. The molecule has 0 saturated carbocycles.